The SMILES string of the molecule is CC(C)C(=C1CC1)C(N)CCN. The maximum atomic E-state index is 6.03. The number of hydrogen-bond acceptors (Lipinski definition) is 2. The molecule has 0 bridgehead atoms. The summed E-state index contributed by atoms with van der Waals surface area (Å²) < 4.78 is 0. The van der Waals surface area contributed by atoms with Gasteiger partial charge in [0.05, 0.1) is 0 Å². The van der Waals surface area contributed by atoms with Gasteiger partial charge in [0.15, 0.2) is 0 Å². The zero-order chi connectivity index (χ0) is 9.14. The maximum Gasteiger partial charge on any atom is 0.0270 e. The highest BCUT2D eigenvalue weighted by Gasteiger charge is 2.23. The van der Waals surface area contributed by atoms with Crippen molar-refractivity contribution in [3.8, 4) is 0 Å². The molecule has 1 atom stereocenters. The minimum Gasteiger partial charge on any atom is -0.330 e. The molecule has 2 heteroatoms. The minimum absolute atomic E-state index is 0.215. The third-order valence-electron chi connectivity index (χ3n) is 2.41. The van der Waals surface area contributed by atoms with Crippen molar-refractivity contribution < 1.29 is 0 Å². The van der Waals surface area contributed by atoms with E-state index in [2.05, 4.69) is 13.8 Å². The van der Waals surface area contributed by atoms with Gasteiger partial charge in [0.1, 0.15) is 0 Å². The molecule has 0 radical (unpaired) electrons. The Bertz CT molecular complexity index is 176. The highest BCUT2D eigenvalue weighted by atomic mass is 14.7. The van der Waals surface area contributed by atoms with E-state index in [9.17, 15) is 0 Å². The molecule has 0 aromatic carbocycles. The molecule has 1 saturated carbocycles. The van der Waals surface area contributed by atoms with Gasteiger partial charge in [-0.05, 0) is 31.7 Å². The molecule has 0 heterocycles. The molecule has 1 unspecified atom stereocenters. The number of nitrogens with two attached hydrogens (primary N) is 2. The van der Waals surface area contributed by atoms with Crippen LogP contribution in [0.5, 0.6) is 0 Å². The van der Waals surface area contributed by atoms with E-state index in [1.54, 1.807) is 5.57 Å². The smallest absolute Gasteiger partial charge is 0.0270 e. The van der Waals surface area contributed by atoms with Crippen molar-refractivity contribution in [2.75, 3.05) is 6.54 Å². The van der Waals surface area contributed by atoms with Gasteiger partial charge in [-0.25, -0.2) is 0 Å². The third-order valence-corrected chi connectivity index (χ3v) is 2.41. The second kappa shape index (κ2) is 4.06. The van der Waals surface area contributed by atoms with E-state index in [0.717, 1.165) is 6.42 Å². The van der Waals surface area contributed by atoms with E-state index in [1.165, 1.54) is 18.4 Å². The molecule has 0 aliphatic heterocycles. The molecule has 0 saturated heterocycles. The summed E-state index contributed by atoms with van der Waals surface area (Å²) in [4.78, 5) is 0. The molecule has 4 N–H and O–H groups in total. The van der Waals surface area contributed by atoms with Gasteiger partial charge in [0.25, 0.3) is 0 Å². The van der Waals surface area contributed by atoms with Crippen LogP contribution < -0.4 is 11.5 Å². The molecule has 12 heavy (non-hydrogen) atoms. The van der Waals surface area contributed by atoms with Crippen LogP contribution in [-0.4, -0.2) is 12.6 Å². The van der Waals surface area contributed by atoms with Crippen molar-refractivity contribution in [2.45, 2.75) is 39.2 Å². The summed E-state index contributed by atoms with van der Waals surface area (Å²) in [6.07, 6.45) is 3.47. The van der Waals surface area contributed by atoms with Crippen LogP contribution >= 0.6 is 0 Å². The maximum absolute atomic E-state index is 6.03. The van der Waals surface area contributed by atoms with Gasteiger partial charge in [-0.2, -0.15) is 0 Å². The molecule has 0 spiro atoms. The second-order valence-corrected chi connectivity index (χ2v) is 3.90. The van der Waals surface area contributed by atoms with Crippen LogP contribution in [-0.2, 0) is 0 Å². The van der Waals surface area contributed by atoms with Crippen molar-refractivity contribution in [3.63, 3.8) is 0 Å². The average molecular weight is 168 g/mol. The lowest BCUT2D eigenvalue weighted by atomic mass is 9.93. The van der Waals surface area contributed by atoms with Crippen LogP contribution in [0.1, 0.15) is 33.1 Å². The first-order valence-corrected chi connectivity index (χ1v) is 4.84. The van der Waals surface area contributed by atoms with Gasteiger partial charge < -0.3 is 11.5 Å². The number of rotatable bonds is 4. The van der Waals surface area contributed by atoms with Crippen molar-refractivity contribution >= 4 is 0 Å². The van der Waals surface area contributed by atoms with Gasteiger partial charge >= 0.3 is 0 Å². The first-order valence-electron chi connectivity index (χ1n) is 4.84. The third kappa shape index (κ3) is 2.32. The lowest BCUT2D eigenvalue weighted by Gasteiger charge is -2.18. The number of allylic oxidation sites excluding steroid dienone is 1. The van der Waals surface area contributed by atoms with Crippen LogP contribution in [0.3, 0.4) is 0 Å². The van der Waals surface area contributed by atoms with E-state index in [1.807, 2.05) is 0 Å². The zero-order valence-electron chi connectivity index (χ0n) is 8.14. The molecule has 1 rings (SSSR count). The van der Waals surface area contributed by atoms with E-state index in [-0.39, 0.29) is 6.04 Å². The standard InChI is InChI=1S/C10H20N2/c1-7(2)10(8-3-4-8)9(12)5-6-11/h7,9H,3-6,11-12H2,1-2H3. The average Bonchev–Trinajstić information content (AvgIpc) is 2.71. The topological polar surface area (TPSA) is 52.0 Å². The van der Waals surface area contributed by atoms with E-state index in [4.69, 9.17) is 11.5 Å². The Hall–Kier alpha value is -0.340. The molecule has 70 valence electrons. The highest BCUT2D eigenvalue weighted by Crippen LogP contribution is 2.36. The minimum atomic E-state index is 0.215. The fourth-order valence-electron chi connectivity index (χ4n) is 1.78. The summed E-state index contributed by atoms with van der Waals surface area (Å²) in [6.45, 7) is 5.14. The fourth-order valence-corrected chi connectivity index (χ4v) is 1.78. The molecule has 2 nitrogen and oxygen atoms in total. The van der Waals surface area contributed by atoms with Gasteiger partial charge in [0, 0.05) is 6.04 Å². The molecular weight excluding hydrogens is 148 g/mol. The number of hydrogen-bond donors (Lipinski definition) is 2. The fraction of sp³-hybridized carbons (Fsp3) is 0.800. The Morgan fingerprint density at radius 3 is 2.33 bits per heavy atom. The Labute approximate surface area is 75.0 Å². The van der Waals surface area contributed by atoms with Crippen molar-refractivity contribution in [1.29, 1.82) is 0 Å². The molecule has 0 aromatic heterocycles. The monoisotopic (exact) mass is 168 g/mol. The van der Waals surface area contributed by atoms with E-state index >= 15 is 0 Å². The van der Waals surface area contributed by atoms with Gasteiger partial charge in [-0.3, -0.25) is 0 Å². The van der Waals surface area contributed by atoms with Crippen LogP contribution in [0.4, 0.5) is 0 Å². The van der Waals surface area contributed by atoms with Crippen molar-refractivity contribution in [3.05, 3.63) is 11.1 Å². The summed E-state index contributed by atoms with van der Waals surface area (Å²) in [5.41, 5.74) is 14.6. The summed E-state index contributed by atoms with van der Waals surface area (Å²) in [7, 11) is 0. The highest BCUT2D eigenvalue weighted by molar-refractivity contribution is 5.30. The summed E-state index contributed by atoms with van der Waals surface area (Å²) in [5, 5.41) is 0. The summed E-state index contributed by atoms with van der Waals surface area (Å²) in [6, 6.07) is 0.215. The van der Waals surface area contributed by atoms with E-state index < -0.39 is 0 Å². The van der Waals surface area contributed by atoms with Gasteiger partial charge in [-0.1, -0.05) is 25.0 Å². The predicted molar refractivity (Wildman–Crippen MR) is 52.7 cm³/mol. The summed E-state index contributed by atoms with van der Waals surface area (Å²) in [5.74, 6) is 0.601. The van der Waals surface area contributed by atoms with Gasteiger partial charge in [0.2, 0.25) is 0 Å². The zero-order valence-corrected chi connectivity index (χ0v) is 8.14. The Morgan fingerprint density at radius 2 is 2.00 bits per heavy atom. The lowest BCUT2D eigenvalue weighted by molar-refractivity contribution is 0.607. The van der Waals surface area contributed by atoms with Crippen LogP contribution in [0.2, 0.25) is 0 Å². The first kappa shape index (κ1) is 9.75. The molecule has 0 amide bonds. The molecule has 1 fully saturated rings. The van der Waals surface area contributed by atoms with Crippen LogP contribution in [0, 0.1) is 5.92 Å². The summed E-state index contributed by atoms with van der Waals surface area (Å²) >= 11 is 0. The normalized spacial score (nSPS) is 18.2. The van der Waals surface area contributed by atoms with Crippen LogP contribution in [0.15, 0.2) is 11.1 Å². The molecule has 1 aliphatic carbocycles. The quantitative estimate of drug-likeness (QED) is 0.624. The first-order chi connectivity index (χ1) is 5.66. The molecule has 1 aliphatic rings. The Balaban J connectivity index is 2.61. The van der Waals surface area contributed by atoms with Crippen LogP contribution in [0.25, 0.3) is 0 Å². The predicted octanol–water partition coefficient (Wildman–Crippen LogP) is 1.41. The van der Waals surface area contributed by atoms with E-state index in [0.29, 0.717) is 12.5 Å². The Morgan fingerprint density at radius 1 is 1.42 bits per heavy atom. The largest absolute Gasteiger partial charge is 0.330 e. The molecule has 0 aromatic rings. The van der Waals surface area contributed by atoms with Crippen molar-refractivity contribution in [2.24, 2.45) is 17.4 Å². The van der Waals surface area contributed by atoms with Gasteiger partial charge in [-0.15, -0.1) is 0 Å². The molecular formula is C10H20N2. The Kier molecular flexibility index (Phi) is 3.29. The second-order valence-electron chi connectivity index (χ2n) is 3.90. The van der Waals surface area contributed by atoms with Crippen molar-refractivity contribution in [1.82, 2.24) is 0 Å². The lowest BCUT2D eigenvalue weighted by Crippen LogP contribution is -2.28.